The van der Waals surface area contributed by atoms with E-state index in [2.05, 4.69) is 16.4 Å². The van der Waals surface area contributed by atoms with Crippen molar-refractivity contribution in [3.63, 3.8) is 0 Å². The average molecular weight is 619 g/mol. The zero-order chi connectivity index (χ0) is 30.8. The minimum atomic E-state index is -4.02. The summed E-state index contributed by atoms with van der Waals surface area (Å²) < 4.78 is 46.6. The highest BCUT2D eigenvalue weighted by atomic mass is 32.2. The van der Waals surface area contributed by atoms with Gasteiger partial charge in [0.1, 0.15) is 17.0 Å². The van der Waals surface area contributed by atoms with Crippen LogP contribution in [-0.2, 0) is 39.5 Å². The highest BCUT2D eigenvalue weighted by Gasteiger charge is 2.33. The topological polar surface area (TPSA) is 113 Å². The SMILES string of the molecule is CCOC(=O)CC1c2ccc(C)c(c2)CN2Cc3cc(ccc3OS2(=O)=O)OCCCCCCn2nnc3c(C)c1ccc32. The van der Waals surface area contributed by atoms with E-state index in [1.54, 1.807) is 19.1 Å². The van der Waals surface area contributed by atoms with Crippen LogP contribution >= 0.6 is 0 Å². The maximum absolute atomic E-state index is 13.2. The Kier molecular flexibility index (Phi) is 8.59. The van der Waals surface area contributed by atoms with Gasteiger partial charge in [-0.05, 0) is 92.1 Å². The molecule has 44 heavy (non-hydrogen) atoms. The van der Waals surface area contributed by atoms with E-state index in [-0.39, 0.29) is 38.0 Å². The molecule has 0 aliphatic carbocycles. The summed E-state index contributed by atoms with van der Waals surface area (Å²) in [7, 11) is -4.02. The number of benzene rings is 3. The predicted molar refractivity (Wildman–Crippen MR) is 166 cm³/mol. The summed E-state index contributed by atoms with van der Waals surface area (Å²) in [4.78, 5) is 12.9. The number of ether oxygens (including phenoxy) is 2. The van der Waals surface area contributed by atoms with Gasteiger partial charge >= 0.3 is 16.3 Å². The molecule has 0 N–H and O–H groups in total. The largest absolute Gasteiger partial charge is 0.494 e. The Labute approximate surface area is 258 Å². The summed E-state index contributed by atoms with van der Waals surface area (Å²) >= 11 is 0. The van der Waals surface area contributed by atoms with Crippen LogP contribution < -0.4 is 8.92 Å². The monoisotopic (exact) mass is 618 g/mol. The standard InChI is InChI=1S/C33H38N4O6S/c1-4-41-32(38)19-29-24-10-9-22(2)25(17-24)20-36-21-26-18-27(11-14-31(26)43-44(36,39)40)42-16-8-6-5-7-15-37-30-13-12-28(29)23(3)33(30)34-35-37/h9-14,17-18,29H,4-8,15-16,19-21H2,1-3H3. The highest BCUT2D eigenvalue weighted by molar-refractivity contribution is 7.84. The lowest BCUT2D eigenvalue weighted by atomic mass is 9.84. The van der Waals surface area contributed by atoms with Crippen LogP contribution in [0, 0.1) is 13.8 Å². The van der Waals surface area contributed by atoms with Crippen LogP contribution in [-0.4, -0.2) is 46.9 Å². The summed E-state index contributed by atoms with van der Waals surface area (Å²) in [5, 5.41) is 9.00. The van der Waals surface area contributed by atoms with Crippen molar-refractivity contribution in [2.45, 2.75) is 78.4 Å². The Hall–Kier alpha value is -3.96. The first-order valence-electron chi connectivity index (χ1n) is 15.3. The molecule has 0 saturated carbocycles. The third-order valence-corrected chi connectivity index (χ3v) is 9.86. The molecule has 1 aromatic heterocycles. The van der Waals surface area contributed by atoms with E-state index in [0.717, 1.165) is 76.6 Å². The fraction of sp³-hybridized carbons (Fsp3) is 0.424. The van der Waals surface area contributed by atoms with Crippen molar-refractivity contribution >= 4 is 27.3 Å². The number of aryl methyl sites for hydroxylation is 3. The number of carbonyl (C=O) groups is 1. The summed E-state index contributed by atoms with van der Waals surface area (Å²) in [6.07, 6.45) is 4.06. The second-order valence-corrected chi connectivity index (χ2v) is 13.1. The number of hydrogen-bond donors (Lipinski definition) is 0. The Morgan fingerprint density at radius 1 is 1.00 bits per heavy atom. The van der Waals surface area contributed by atoms with E-state index in [4.69, 9.17) is 13.7 Å². The number of aromatic nitrogens is 3. The first kappa shape index (κ1) is 30.1. The van der Waals surface area contributed by atoms with Crippen molar-refractivity contribution in [2.75, 3.05) is 13.2 Å². The molecule has 2 atom stereocenters. The van der Waals surface area contributed by atoms with Gasteiger partial charge in [-0.3, -0.25) is 4.79 Å². The number of nitrogens with zero attached hydrogens (tertiary/aromatic N) is 4. The van der Waals surface area contributed by atoms with Gasteiger partial charge in [0.05, 0.1) is 25.2 Å². The average Bonchev–Trinajstić information content (AvgIpc) is 3.41. The molecule has 4 aromatic rings. The van der Waals surface area contributed by atoms with Gasteiger partial charge in [0, 0.05) is 31.1 Å². The Balaban J connectivity index is 1.43. The third-order valence-electron chi connectivity index (χ3n) is 8.58. The fourth-order valence-corrected chi connectivity index (χ4v) is 7.21. The van der Waals surface area contributed by atoms with E-state index >= 15 is 0 Å². The van der Waals surface area contributed by atoms with Crippen LogP contribution in [0.4, 0.5) is 0 Å². The molecule has 0 radical (unpaired) electrons. The molecule has 0 saturated heterocycles. The van der Waals surface area contributed by atoms with Crippen molar-refractivity contribution in [1.29, 1.82) is 0 Å². The van der Waals surface area contributed by atoms with E-state index in [0.29, 0.717) is 18.1 Å². The first-order chi connectivity index (χ1) is 21.2. The molecular formula is C33H38N4O6S. The van der Waals surface area contributed by atoms with E-state index < -0.39 is 10.3 Å². The predicted octanol–water partition coefficient (Wildman–Crippen LogP) is 5.73. The second-order valence-electron chi connectivity index (χ2n) is 11.5. The van der Waals surface area contributed by atoms with Crippen molar-refractivity contribution in [2.24, 2.45) is 0 Å². The van der Waals surface area contributed by atoms with Gasteiger partial charge in [0.25, 0.3) is 0 Å². The van der Waals surface area contributed by atoms with E-state index in [1.165, 1.54) is 4.31 Å². The van der Waals surface area contributed by atoms with Crippen LogP contribution in [0.15, 0.2) is 48.5 Å². The van der Waals surface area contributed by atoms with Crippen LogP contribution in [0.5, 0.6) is 11.5 Å². The minimum Gasteiger partial charge on any atom is -0.494 e. The molecule has 4 heterocycles. The van der Waals surface area contributed by atoms with E-state index in [9.17, 15) is 13.2 Å². The molecule has 0 amide bonds. The highest BCUT2D eigenvalue weighted by Crippen LogP contribution is 2.37. The molecule has 3 aromatic carbocycles. The third kappa shape index (κ3) is 6.16. The minimum absolute atomic E-state index is 0.116. The van der Waals surface area contributed by atoms with Gasteiger partial charge < -0.3 is 13.7 Å². The van der Waals surface area contributed by atoms with Crippen LogP contribution in [0.25, 0.3) is 11.0 Å². The van der Waals surface area contributed by atoms with Crippen LogP contribution in [0.1, 0.15) is 78.3 Å². The normalized spacial score (nSPS) is 20.0. The molecule has 0 spiro atoms. The van der Waals surface area contributed by atoms with Crippen LogP contribution in [0.3, 0.4) is 0 Å². The summed E-state index contributed by atoms with van der Waals surface area (Å²) in [6.45, 7) is 7.69. The van der Waals surface area contributed by atoms with Crippen molar-refractivity contribution in [3.05, 3.63) is 81.9 Å². The molecule has 3 aliphatic rings. The number of esters is 1. The van der Waals surface area contributed by atoms with Gasteiger partial charge in [-0.2, -0.15) is 12.7 Å². The van der Waals surface area contributed by atoms with Gasteiger partial charge in [-0.25, -0.2) is 4.68 Å². The first-order valence-corrected chi connectivity index (χ1v) is 16.6. The smallest absolute Gasteiger partial charge is 0.385 e. The van der Waals surface area contributed by atoms with Crippen LogP contribution in [0.2, 0.25) is 0 Å². The second kappa shape index (κ2) is 12.6. The molecule has 3 aliphatic heterocycles. The molecule has 232 valence electrons. The summed E-state index contributed by atoms with van der Waals surface area (Å²) in [5.41, 5.74) is 7.11. The zero-order valence-electron chi connectivity index (χ0n) is 25.4. The number of hydrogen-bond acceptors (Lipinski definition) is 8. The zero-order valence-corrected chi connectivity index (χ0v) is 26.2. The lowest BCUT2D eigenvalue weighted by Gasteiger charge is -2.29. The summed E-state index contributed by atoms with van der Waals surface area (Å²) in [5.74, 6) is 0.391. The Morgan fingerprint density at radius 3 is 2.66 bits per heavy atom. The Bertz CT molecular complexity index is 1800. The van der Waals surface area contributed by atoms with Crippen molar-refractivity contribution in [1.82, 2.24) is 19.3 Å². The maximum Gasteiger partial charge on any atom is 0.385 e. The number of carbonyl (C=O) groups excluding carboxylic acids is 1. The molecular weight excluding hydrogens is 580 g/mol. The molecule has 11 heteroatoms. The Morgan fingerprint density at radius 2 is 1.82 bits per heavy atom. The molecule has 2 unspecified atom stereocenters. The molecule has 7 rings (SSSR count). The molecule has 9 bridgehead atoms. The quantitative estimate of drug-likeness (QED) is 0.268. The lowest BCUT2D eigenvalue weighted by molar-refractivity contribution is -0.143. The van der Waals surface area contributed by atoms with Gasteiger partial charge in [0.2, 0.25) is 0 Å². The van der Waals surface area contributed by atoms with Gasteiger partial charge in [0.15, 0.2) is 0 Å². The van der Waals surface area contributed by atoms with Gasteiger partial charge in [-0.15, -0.1) is 5.10 Å². The van der Waals surface area contributed by atoms with Crippen molar-refractivity contribution in [3.8, 4) is 11.5 Å². The number of fused-ring (bicyclic) bond motifs is 7. The van der Waals surface area contributed by atoms with Crippen molar-refractivity contribution < 1.29 is 26.9 Å². The van der Waals surface area contributed by atoms with E-state index in [1.807, 2.05) is 48.9 Å². The van der Waals surface area contributed by atoms with Gasteiger partial charge in [-0.1, -0.05) is 35.9 Å². The lowest BCUT2D eigenvalue weighted by Crippen LogP contribution is -2.37. The fourth-order valence-electron chi connectivity index (χ4n) is 6.12. The molecule has 10 nitrogen and oxygen atoms in total. The maximum atomic E-state index is 13.2. The number of rotatable bonds is 3. The summed E-state index contributed by atoms with van der Waals surface area (Å²) in [6, 6.07) is 15.3. The molecule has 0 fully saturated rings.